The minimum absolute atomic E-state index is 0. The predicted octanol–water partition coefficient (Wildman–Crippen LogP) is -1.42. The number of hydrogen-bond acceptors (Lipinski definition) is 2. The first kappa shape index (κ1) is 15.8. The Morgan fingerprint density at radius 3 is 1.14 bits per heavy atom. The third-order valence-corrected chi connectivity index (χ3v) is 0. The third-order valence-electron chi connectivity index (χ3n) is 0. The quantitative estimate of drug-likeness (QED) is 0.413. The van der Waals surface area contributed by atoms with Gasteiger partial charge in [0, 0.05) is 0 Å². The summed E-state index contributed by atoms with van der Waals surface area (Å²) >= 11 is 0. The van der Waals surface area contributed by atoms with Gasteiger partial charge in [0.05, 0.1) is 0 Å². The molecular weight excluding hydrogens is 252 g/mol. The molecule has 7 heteroatoms. The molecular formula is H5BaFO4S. The average molecular weight is 257 g/mol. The molecule has 0 aromatic heterocycles. The second kappa shape index (κ2) is 5.51. The van der Waals surface area contributed by atoms with Gasteiger partial charge in [0.15, 0.2) is 0 Å². The number of rotatable bonds is 0. The molecule has 0 atom stereocenters. The van der Waals surface area contributed by atoms with E-state index in [9.17, 15) is 0 Å². The molecule has 2 N–H and O–H groups in total. The molecule has 4 nitrogen and oxygen atoms in total. The molecule has 0 radical (unpaired) electrons. The van der Waals surface area contributed by atoms with E-state index >= 15 is 0 Å². The first-order valence-electron chi connectivity index (χ1n) is 0.698. The maximum absolute atomic E-state index is 8.74. The zero-order valence-corrected chi connectivity index (χ0v) is 3.34. The van der Waals surface area contributed by atoms with Crippen molar-refractivity contribution in [3.05, 3.63) is 0 Å². The molecule has 0 bridgehead atoms. The van der Waals surface area contributed by atoms with Gasteiger partial charge in [-0.2, -0.15) is 8.42 Å². The monoisotopic (exact) mass is 258 g/mol. The van der Waals surface area contributed by atoms with Gasteiger partial charge in [0.2, 0.25) is 0 Å². The van der Waals surface area contributed by atoms with E-state index in [1.165, 1.54) is 0 Å². The molecule has 44 valence electrons. The molecule has 7 heavy (non-hydrogen) atoms. The van der Waals surface area contributed by atoms with Crippen molar-refractivity contribution in [2.45, 2.75) is 0 Å². The van der Waals surface area contributed by atoms with Crippen molar-refractivity contribution in [3.8, 4) is 0 Å². The van der Waals surface area contributed by atoms with Crippen molar-refractivity contribution < 1.29 is 22.2 Å². The first-order chi connectivity index (χ1) is 2.00. The van der Waals surface area contributed by atoms with Crippen LogP contribution in [-0.4, -0.2) is 66.4 Å². The normalized spacial score (nSPS) is 8.29. The maximum atomic E-state index is 8.74. The summed E-state index contributed by atoms with van der Waals surface area (Å²) in [6, 6.07) is 0. The van der Waals surface area contributed by atoms with Crippen LogP contribution in [0.1, 0.15) is 0 Å². The summed E-state index contributed by atoms with van der Waals surface area (Å²) in [5.41, 5.74) is 0. The summed E-state index contributed by atoms with van der Waals surface area (Å²) in [4.78, 5) is 0. The molecule has 0 aliphatic heterocycles. The van der Waals surface area contributed by atoms with Crippen molar-refractivity contribution in [3.63, 3.8) is 0 Å². The minimum atomic E-state index is -4.67. The van der Waals surface area contributed by atoms with Crippen LogP contribution in [0.4, 0.5) is 4.70 Å². The van der Waals surface area contributed by atoms with Crippen LogP contribution in [-0.2, 0) is 10.4 Å². The van der Waals surface area contributed by atoms with Crippen LogP contribution >= 0.6 is 0 Å². The fraction of sp³-hybridized carbons (Fsp3) is 0. The van der Waals surface area contributed by atoms with Crippen LogP contribution in [0.3, 0.4) is 0 Å². The van der Waals surface area contributed by atoms with E-state index in [1.807, 2.05) is 0 Å². The van der Waals surface area contributed by atoms with Crippen molar-refractivity contribution >= 4 is 59.3 Å². The van der Waals surface area contributed by atoms with E-state index in [0.717, 1.165) is 0 Å². The summed E-state index contributed by atoms with van der Waals surface area (Å²) in [7, 11) is -4.67. The van der Waals surface area contributed by atoms with E-state index in [-0.39, 0.29) is 53.6 Å². The summed E-state index contributed by atoms with van der Waals surface area (Å²) in [5, 5.41) is 0. The topological polar surface area (TPSA) is 74.6 Å². The molecule has 0 rings (SSSR count). The Labute approximate surface area is 80.3 Å². The Morgan fingerprint density at radius 1 is 1.14 bits per heavy atom. The van der Waals surface area contributed by atoms with E-state index in [4.69, 9.17) is 17.5 Å². The Bertz CT molecular complexity index is 94.9. The second-order valence-corrected chi connectivity index (χ2v) is 1.34. The van der Waals surface area contributed by atoms with Gasteiger partial charge in [-0.05, 0) is 0 Å². The molecule has 0 aliphatic rings. The van der Waals surface area contributed by atoms with Gasteiger partial charge in [-0.15, -0.1) is 0 Å². The Balaban J connectivity index is -0.0000000800. The Morgan fingerprint density at radius 2 is 1.14 bits per heavy atom. The van der Waals surface area contributed by atoms with Crippen molar-refractivity contribution in [1.82, 2.24) is 0 Å². The molecule has 0 unspecified atom stereocenters. The second-order valence-electron chi connectivity index (χ2n) is 0.448. The van der Waals surface area contributed by atoms with Gasteiger partial charge in [0.25, 0.3) is 0 Å². The van der Waals surface area contributed by atoms with Crippen LogP contribution in [0, 0.1) is 0 Å². The van der Waals surface area contributed by atoms with Gasteiger partial charge in [-0.25, -0.2) is 0 Å². The zero-order chi connectivity index (χ0) is 4.50. The zero-order valence-electron chi connectivity index (χ0n) is 2.53. The number of hydrogen-bond donors (Lipinski definition) is 2. The van der Waals surface area contributed by atoms with Crippen LogP contribution in [0.5, 0.6) is 0 Å². The molecule has 0 aromatic carbocycles. The summed E-state index contributed by atoms with van der Waals surface area (Å²) in [6.45, 7) is 0. The Kier molecular flexibility index (Phi) is 12.4. The molecule has 0 heterocycles. The van der Waals surface area contributed by atoms with Gasteiger partial charge in [0.1, 0.15) is 0 Å². The van der Waals surface area contributed by atoms with Crippen LogP contribution in [0.25, 0.3) is 0 Å². The van der Waals surface area contributed by atoms with Crippen molar-refractivity contribution in [1.29, 1.82) is 0 Å². The molecule has 0 spiro atoms. The van der Waals surface area contributed by atoms with Crippen molar-refractivity contribution in [2.24, 2.45) is 0 Å². The standard InChI is InChI=1S/Ba.FH.H2O4S.2H/c;;1-5(2,3)4;;/h;1H;(H2,1,2,3,4);;. The van der Waals surface area contributed by atoms with Gasteiger partial charge >= 0.3 is 59.3 Å². The Hall–Kier alpha value is 1.37. The van der Waals surface area contributed by atoms with E-state index in [0.29, 0.717) is 0 Å². The third kappa shape index (κ3) is 113. The van der Waals surface area contributed by atoms with Gasteiger partial charge in [-0.3, -0.25) is 13.8 Å². The molecule has 0 fully saturated rings. The summed E-state index contributed by atoms with van der Waals surface area (Å²) in [6.07, 6.45) is 0. The van der Waals surface area contributed by atoms with Crippen LogP contribution in [0.15, 0.2) is 0 Å². The molecule has 0 saturated heterocycles. The van der Waals surface area contributed by atoms with Crippen LogP contribution in [0.2, 0.25) is 0 Å². The predicted molar refractivity (Wildman–Crippen MR) is 25.2 cm³/mol. The first-order valence-corrected chi connectivity index (χ1v) is 2.10. The molecule has 0 aromatic rings. The molecule has 0 amide bonds. The fourth-order valence-electron chi connectivity index (χ4n) is 0. The summed E-state index contributed by atoms with van der Waals surface area (Å²) in [5.74, 6) is 0. The van der Waals surface area contributed by atoms with E-state index in [1.54, 1.807) is 0 Å². The SMILES string of the molecule is F.O=S(=O)(O)O.[BaH2]. The summed E-state index contributed by atoms with van der Waals surface area (Å²) < 4.78 is 31.6. The number of halogens is 1. The molecule has 0 saturated carbocycles. The van der Waals surface area contributed by atoms with Crippen molar-refractivity contribution in [2.75, 3.05) is 0 Å². The van der Waals surface area contributed by atoms with E-state index < -0.39 is 10.4 Å². The van der Waals surface area contributed by atoms with Crippen LogP contribution < -0.4 is 0 Å². The average Bonchev–Trinajstić information content (AvgIpc) is 0.722. The van der Waals surface area contributed by atoms with Gasteiger partial charge < -0.3 is 0 Å². The van der Waals surface area contributed by atoms with Gasteiger partial charge in [-0.1, -0.05) is 0 Å². The van der Waals surface area contributed by atoms with E-state index in [2.05, 4.69) is 0 Å². The fourth-order valence-corrected chi connectivity index (χ4v) is 0. The molecule has 0 aliphatic carbocycles.